The molecular formula is C12H17N3O2. The van der Waals surface area contributed by atoms with E-state index in [0.29, 0.717) is 19.0 Å². The molecule has 0 saturated carbocycles. The molecule has 1 aromatic rings. The first kappa shape index (κ1) is 12.0. The third-order valence-corrected chi connectivity index (χ3v) is 2.88. The Morgan fingerprint density at radius 2 is 2.47 bits per heavy atom. The molecule has 1 aliphatic heterocycles. The van der Waals surface area contributed by atoms with Crippen LogP contribution in [-0.2, 0) is 16.1 Å². The summed E-state index contributed by atoms with van der Waals surface area (Å²) in [6.45, 7) is 2.92. The van der Waals surface area contributed by atoms with E-state index in [1.807, 2.05) is 13.0 Å². The number of nitrogens with two attached hydrogens (primary N) is 1. The van der Waals surface area contributed by atoms with Gasteiger partial charge in [0, 0.05) is 12.7 Å². The average Bonchev–Trinajstić information content (AvgIpc) is 2.77. The van der Waals surface area contributed by atoms with Gasteiger partial charge in [-0.05, 0) is 25.0 Å². The van der Waals surface area contributed by atoms with Gasteiger partial charge in [-0.15, -0.1) is 0 Å². The average molecular weight is 235 g/mol. The van der Waals surface area contributed by atoms with E-state index in [1.54, 1.807) is 12.3 Å². The minimum Gasteiger partial charge on any atom is -0.378 e. The van der Waals surface area contributed by atoms with E-state index in [0.717, 1.165) is 12.0 Å². The van der Waals surface area contributed by atoms with Crippen molar-refractivity contribution in [2.45, 2.75) is 26.0 Å². The maximum Gasteiger partial charge on any atom is 0.231 e. The zero-order valence-corrected chi connectivity index (χ0v) is 9.85. The molecule has 2 unspecified atom stereocenters. The lowest BCUT2D eigenvalue weighted by atomic mass is 10.1. The number of ether oxygens (including phenoxy) is 1. The minimum atomic E-state index is -0.0685. The molecule has 2 atom stereocenters. The van der Waals surface area contributed by atoms with E-state index in [4.69, 9.17) is 10.5 Å². The van der Waals surface area contributed by atoms with Crippen LogP contribution < -0.4 is 11.1 Å². The number of anilines is 1. The molecule has 0 radical (unpaired) electrons. The first-order valence-electron chi connectivity index (χ1n) is 5.76. The van der Waals surface area contributed by atoms with E-state index in [2.05, 4.69) is 10.3 Å². The Labute approximate surface area is 100 Å². The van der Waals surface area contributed by atoms with Gasteiger partial charge in [0.05, 0.1) is 18.6 Å². The Hall–Kier alpha value is -1.46. The highest BCUT2D eigenvalue weighted by atomic mass is 16.5. The molecule has 92 valence electrons. The molecule has 2 heterocycles. The summed E-state index contributed by atoms with van der Waals surface area (Å²) in [5, 5.41) is 2.78. The van der Waals surface area contributed by atoms with Crippen molar-refractivity contribution in [2.24, 2.45) is 11.7 Å². The summed E-state index contributed by atoms with van der Waals surface area (Å²) < 4.78 is 5.36. The number of hydrogen-bond acceptors (Lipinski definition) is 4. The van der Waals surface area contributed by atoms with Crippen LogP contribution in [0.4, 0.5) is 5.82 Å². The van der Waals surface area contributed by atoms with Crippen molar-refractivity contribution in [1.82, 2.24) is 4.98 Å². The lowest BCUT2D eigenvalue weighted by molar-refractivity contribution is -0.119. The highest BCUT2D eigenvalue weighted by Crippen LogP contribution is 2.20. The van der Waals surface area contributed by atoms with Crippen LogP contribution >= 0.6 is 0 Å². The van der Waals surface area contributed by atoms with Crippen LogP contribution in [0.3, 0.4) is 0 Å². The summed E-state index contributed by atoms with van der Waals surface area (Å²) >= 11 is 0. The van der Waals surface area contributed by atoms with Crippen molar-refractivity contribution in [2.75, 3.05) is 11.9 Å². The van der Waals surface area contributed by atoms with Crippen molar-refractivity contribution in [3.63, 3.8) is 0 Å². The molecule has 0 aliphatic carbocycles. The number of nitrogens with one attached hydrogen (secondary N) is 1. The highest BCUT2D eigenvalue weighted by Gasteiger charge is 2.28. The van der Waals surface area contributed by atoms with Crippen LogP contribution in [-0.4, -0.2) is 23.6 Å². The number of nitrogens with zero attached hydrogens (tertiary/aromatic N) is 1. The van der Waals surface area contributed by atoms with Gasteiger partial charge in [-0.3, -0.25) is 4.79 Å². The normalized spacial score (nSPS) is 23.6. The molecule has 2 rings (SSSR count). The number of aromatic nitrogens is 1. The summed E-state index contributed by atoms with van der Waals surface area (Å²) in [4.78, 5) is 16.0. The second kappa shape index (κ2) is 5.25. The third-order valence-electron chi connectivity index (χ3n) is 2.88. The summed E-state index contributed by atoms with van der Waals surface area (Å²) in [7, 11) is 0. The molecule has 1 aromatic heterocycles. The molecule has 1 fully saturated rings. The first-order valence-corrected chi connectivity index (χ1v) is 5.76. The molecule has 5 heteroatoms. The molecule has 0 aromatic carbocycles. The molecule has 3 N–H and O–H groups in total. The van der Waals surface area contributed by atoms with Crippen molar-refractivity contribution in [3.8, 4) is 0 Å². The Bertz CT molecular complexity index is 391. The molecule has 1 aliphatic rings. The third kappa shape index (κ3) is 3.01. The van der Waals surface area contributed by atoms with E-state index < -0.39 is 0 Å². The zero-order valence-electron chi connectivity index (χ0n) is 9.85. The fourth-order valence-electron chi connectivity index (χ4n) is 1.85. The summed E-state index contributed by atoms with van der Waals surface area (Å²) in [5.74, 6) is 0.468. The second-order valence-corrected chi connectivity index (χ2v) is 4.32. The minimum absolute atomic E-state index is 0.0256. The number of rotatable bonds is 3. The van der Waals surface area contributed by atoms with Gasteiger partial charge < -0.3 is 15.8 Å². The summed E-state index contributed by atoms with van der Waals surface area (Å²) in [6, 6.07) is 3.62. The van der Waals surface area contributed by atoms with E-state index in [9.17, 15) is 4.79 Å². The fourth-order valence-corrected chi connectivity index (χ4v) is 1.85. The maximum absolute atomic E-state index is 11.9. The van der Waals surface area contributed by atoms with Crippen molar-refractivity contribution in [3.05, 3.63) is 23.9 Å². The van der Waals surface area contributed by atoms with Crippen LogP contribution in [0.5, 0.6) is 0 Å². The number of pyridine rings is 1. The predicted molar refractivity (Wildman–Crippen MR) is 64.3 cm³/mol. The van der Waals surface area contributed by atoms with Crippen LogP contribution in [0.2, 0.25) is 0 Å². The lowest BCUT2D eigenvalue weighted by Gasteiger charge is -2.08. The fraction of sp³-hybridized carbons (Fsp3) is 0.500. The number of hydrogen-bond donors (Lipinski definition) is 2. The van der Waals surface area contributed by atoms with Crippen LogP contribution in [0.15, 0.2) is 18.3 Å². The van der Waals surface area contributed by atoms with E-state index in [-0.39, 0.29) is 17.9 Å². The van der Waals surface area contributed by atoms with Gasteiger partial charge in [0.1, 0.15) is 5.82 Å². The first-order chi connectivity index (χ1) is 8.19. The quantitative estimate of drug-likeness (QED) is 0.816. The summed E-state index contributed by atoms with van der Waals surface area (Å²) in [6.07, 6.45) is 2.61. The number of amides is 1. The standard InChI is InChI=1S/C12H17N3O2/c1-8-4-10(7-17-8)12(16)15-11-3-2-9(5-13)6-14-11/h2-3,6,8,10H,4-5,7,13H2,1H3,(H,14,15,16). The smallest absolute Gasteiger partial charge is 0.231 e. The maximum atomic E-state index is 11.9. The van der Waals surface area contributed by atoms with Gasteiger partial charge in [-0.1, -0.05) is 6.07 Å². The van der Waals surface area contributed by atoms with Gasteiger partial charge >= 0.3 is 0 Å². The van der Waals surface area contributed by atoms with Crippen LogP contribution in [0.1, 0.15) is 18.9 Å². The molecule has 17 heavy (non-hydrogen) atoms. The van der Waals surface area contributed by atoms with Crippen LogP contribution in [0.25, 0.3) is 0 Å². The Kier molecular flexibility index (Phi) is 3.71. The van der Waals surface area contributed by atoms with E-state index in [1.165, 1.54) is 0 Å². The SMILES string of the molecule is CC1CC(C(=O)Nc2ccc(CN)cn2)CO1. The largest absolute Gasteiger partial charge is 0.378 e. The van der Waals surface area contributed by atoms with Gasteiger partial charge in [0.15, 0.2) is 0 Å². The van der Waals surface area contributed by atoms with E-state index >= 15 is 0 Å². The molecule has 0 bridgehead atoms. The highest BCUT2D eigenvalue weighted by molar-refractivity contribution is 5.91. The Morgan fingerprint density at radius 3 is 3.00 bits per heavy atom. The lowest BCUT2D eigenvalue weighted by Crippen LogP contribution is -2.23. The molecule has 1 saturated heterocycles. The van der Waals surface area contributed by atoms with Gasteiger partial charge in [-0.25, -0.2) is 4.98 Å². The van der Waals surface area contributed by atoms with Crippen molar-refractivity contribution < 1.29 is 9.53 Å². The Morgan fingerprint density at radius 1 is 1.65 bits per heavy atom. The van der Waals surface area contributed by atoms with Crippen molar-refractivity contribution >= 4 is 11.7 Å². The molecule has 0 spiro atoms. The summed E-state index contributed by atoms with van der Waals surface area (Å²) in [5.41, 5.74) is 6.42. The van der Waals surface area contributed by atoms with Crippen molar-refractivity contribution in [1.29, 1.82) is 0 Å². The molecule has 1 amide bonds. The molecular weight excluding hydrogens is 218 g/mol. The molecule has 5 nitrogen and oxygen atoms in total. The zero-order chi connectivity index (χ0) is 12.3. The van der Waals surface area contributed by atoms with Gasteiger partial charge in [0.2, 0.25) is 5.91 Å². The van der Waals surface area contributed by atoms with Gasteiger partial charge in [-0.2, -0.15) is 0 Å². The second-order valence-electron chi connectivity index (χ2n) is 4.32. The Balaban J connectivity index is 1.93. The predicted octanol–water partition coefficient (Wildman–Crippen LogP) is 0.904. The monoisotopic (exact) mass is 235 g/mol. The van der Waals surface area contributed by atoms with Gasteiger partial charge in [0.25, 0.3) is 0 Å². The van der Waals surface area contributed by atoms with Crippen LogP contribution in [0, 0.1) is 5.92 Å². The topological polar surface area (TPSA) is 77.2 Å². The number of carbonyl (C=O) groups is 1. The number of carbonyl (C=O) groups excluding carboxylic acids is 1.